The first kappa shape index (κ1) is 24.2. The quantitative estimate of drug-likeness (QED) is 0.207. The summed E-state index contributed by atoms with van der Waals surface area (Å²) < 4.78 is 4.73. The second-order valence-corrected chi connectivity index (χ2v) is 10.8. The number of benzene rings is 6. The molecule has 0 N–H and O–H groups in total. The van der Waals surface area contributed by atoms with E-state index < -0.39 is 0 Å². The van der Waals surface area contributed by atoms with Crippen molar-refractivity contribution in [1.82, 2.24) is 9.13 Å². The van der Waals surface area contributed by atoms with Crippen LogP contribution < -0.4 is 0 Å². The molecule has 0 saturated carbocycles. The zero-order chi connectivity index (χ0) is 28.2. The summed E-state index contributed by atoms with van der Waals surface area (Å²) in [6.45, 7) is 8.05. The van der Waals surface area contributed by atoms with E-state index in [4.69, 9.17) is 0 Å². The molecular formula is C40H28N2. The normalized spacial score (nSPS) is 11.5. The fourth-order valence-corrected chi connectivity index (χ4v) is 6.44. The number of fused-ring (bicyclic) bond motifs is 6. The molecule has 0 radical (unpaired) electrons. The number of para-hydroxylation sites is 3. The Kier molecular flexibility index (Phi) is 5.48. The molecule has 0 unspecified atom stereocenters. The van der Waals surface area contributed by atoms with Gasteiger partial charge in [0.1, 0.15) is 0 Å². The van der Waals surface area contributed by atoms with E-state index in [9.17, 15) is 0 Å². The van der Waals surface area contributed by atoms with Crippen LogP contribution in [0.2, 0.25) is 0 Å². The predicted molar refractivity (Wildman–Crippen MR) is 181 cm³/mol. The molecule has 2 aromatic heterocycles. The molecule has 198 valence electrons. The van der Waals surface area contributed by atoms with Gasteiger partial charge >= 0.3 is 0 Å². The number of hydrogen-bond acceptors (Lipinski definition) is 0. The molecule has 0 saturated heterocycles. The van der Waals surface area contributed by atoms with E-state index in [0.29, 0.717) is 0 Å². The summed E-state index contributed by atoms with van der Waals surface area (Å²) >= 11 is 0. The lowest BCUT2D eigenvalue weighted by Gasteiger charge is -2.13. The Morgan fingerprint density at radius 1 is 0.381 bits per heavy atom. The Hall–Kier alpha value is -5.60. The summed E-state index contributed by atoms with van der Waals surface area (Å²) in [5, 5.41) is 4.99. The van der Waals surface area contributed by atoms with E-state index in [1.165, 1.54) is 54.7 Å². The Morgan fingerprint density at radius 3 is 1.50 bits per heavy atom. The molecule has 0 atom stereocenters. The third-order valence-electron chi connectivity index (χ3n) is 8.41. The molecule has 0 spiro atoms. The van der Waals surface area contributed by atoms with Gasteiger partial charge < -0.3 is 9.13 Å². The molecule has 8 rings (SSSR count). The molecule has 2 nitrogen and oxygen atoms in total. The van der Waals surface area contributed by atoms with Crippen molar-refractivity contribution in [1.29, 1.82) is 0 Å². The van der Waals surface area contributed by atoms with Crippen LogP contribution in [0.3, 0.4) is 0 Å². The molecule has 42 heavy (non-hydrogen) atoms. The van der Waals surface area contributed by atoms with Gasteiger partial charge in [-0.05, 0) is 82.9 Å². The maximum Gasteiger partial charge on any atom is 0.0541 e. The number of nitrogens with zero attached hydrogens (tertiary/aromatic N) is 2. The summed E-state index contributed by atoms with van der Waals surface area (Å²) in [5.41, 5.74) is 11.6. The van der Waals surface area contributed by atoms with Gasteiger partial charge in [0, 0.05) is 32.9 Å². The first-order chi connectivity index (χ1) is 20.7. The van der Waals surface area contributed by atoms with Crippen molar-refractivity contribution in [3.8, 4) is 22.5 Å². The highest BCUT2D eigenvalue weighted by Gasteiger charge is 2.16. The fraction of sp³-hybridized carbons (Fsp3) is 0. The Labute approximate surface area is 244 Å². The van der Waals surface area contributed by atoms with Crippen LogP contribution in [0, 0.1) is 0 Å². The minimum atomic E-state index is 1.09. The van der Waals surface area contributed by atoms with E-state index in [-0.39, 0.29) is 0 Å². The van der Waals surface area contributed by atoms with Crippen LogP contribution in [0.5, 0.6) is 0 Å². The van der Waals surface area contributed by atoms with Gasteiger partial charge in [0.2, 0.25) is 0 Å². The molecule has 0 amide bonds. The molecule has 0 bridgehead atoms. The summed E-state index contributed by atoms with van der Waals surface area (Å²) in [7, 11) is 0. The molecule has 2 heteroatoms. The van der Waals surface area contributed by atoms with E-state index in [1.807, 2.05) is 12.2 Å². The van der Waals surface area contributed by atoms with Crippen LogP contribution in [-0.2, 0) is 0 Å². The lowest BCUT2D eigenvalue weighted by Crippen LogP contribution is -1.96. The van der Waals surface area contributed by atoms with Gasteiger partial charge in [0.25, 0.3) is 0 Å². The van der Waals surface area contributed by atoms with Crippen LogP contribution in [0.25, 0.3) is 78.3 Å². The largest absolute Gasteiger partial charge is 0.309 e. The van der Waals surface area contributed by atoms with Gasteiger partial charge in [-0.25, -0.2) is 0 Å². The SMILES string of the molecule is C=Cc1ccc(-n2c3ccccc3c3cc(-c4cc(C=C)cc(-n5c6ccccc6c6ccccc65)c4)ccc32)cc1. The minimum absolute atomic E-state index is 1.09. The van der Waals surface area contributed by atoms with Crippen LogP contribution in [0.15, 0.2) is 147 Å². The maximum absolute atomic E-state index is 4.13. The minimum Gasteiger partial charge on any atom is -0.309 e. The van der Waals surface area contributed by atoms with Crippen molar-refractivity contribution in [3.63, 3.8) is 0 Å². The van der Waals surface area contributed by atoms with E-state index in [0.717, 1.165) is 22.5 Å². The van der Waals surface area contributed by atoms with Gasteiger partial charge in [0.05, 0.1) is 22.1 Å². The van der Waals surface area contributed by atoms with Crippen molar-refractivity contribution in [2.45, 2.75) is 0 Å². The molecule has 0 fully saturated rings. The summed E-state index contributed by atoms with van der Waals surface area (Å²) in [6.07, 6.45) is 3.82. The van der Waals surface area contributed by atoms with E-state index >= 15 is 0 Å². The second-order valence-electron chi connectivity index (χ2n) is 10.8. The van der Waals surface area contributed by atoms with Gasteiger partial charge in [0.15, 0.2) is 0 Å². The maximum atomic E-state index is 4.13. The van der Waals surface area contributed by atoms with E-state index in [2.05, 4.69) is 156 Å². The zero-order valence-electron chi connectivity index (χ0n) is 23.2. The Morgan fingerprint density at radius 2 is 0.905 bits per heavy atom. The van der Waals surface area contributed by atoms with E-state index in [1.54, 1.807) is 0 Å². The van der Waals surface area contributed by atoms with Gasteiger partial charge in [-0.15, -0.1) is 0 Å². The van der Waals surface area contributed by atoms with Crippen LogP contribution in [0.1, 0.15) is 11.1 Å². The molecule has 0 aliphatic heterocycles. The average Bonchev–Trinajstić information content (AvgIpc) is 3.57. The van der Waals surface area contributed by atoms with Gasteiger partial charge in [-0.3, -0.25) is 0 Å². The van der Waals surface area contributed by atoms with Crippen LogP contribution in [-0.4, -0.2) is 9.13 Å². The second kappa shape index (κ2) is 9.50. The number of hydrogen-bond donors (Lipinski definition) is 0. The van der Waals surface area contributed by atoms with Crippen molar-refractivity contribution in [2.75, 3.05) is 0 Å². The molecule has 0 aliphatic rings. The highest BCUT2D eigenvalue weighted by Crippen LogP contribution is 2.37. The highest BCUT2D eigenvalue weighted by atomic mass is 15.0. The van der Waals surface area contributed by atoms with Gasteiger partial charge in [-0.2, -0.15) is 0 Å². The topological polar surface area (TPSA) is 9.86 Å². The smallest absolute Gasteiger partial charge is 0.0541 e. The van der Waals surface area contributed by atoms with Crippen molar-refractivity contribution in [2.24, 2.45) is 0 Å². The summed E-state index contributed by atoms with van der Waals surface area (Å²) in [5.74, 6) is 0. The molecule has 8 aromatic rings. The number of aromatic nitrogens is 2. The third-order valence-corrected chi connectivity index (χ3v) is 8.41. The summed E-state index contributed by atoms with van der Waals surface area (Å²) in [6, 6.07) is 48.1. The standard InChI is InChI=1S/C40H28N2/c1-3-27-17-20-31(21-18-27)41-39-16-10-7-13-35(39)36-26-29(19-22-40(36)41)30-23-28(4-2)24-32(25-30)42-37-14-8-5-11-33(37)34-12-6-9-15-38(34)42/h3-26H,1-2H2. The average molecular weight is 537 g/mol. The lowest BCUT2D eigenvalue weighted by atomic mass is 9.99. The predicted octanol–water partition coefficient (Wildman–Crippen LogP) is 10.8. The fourth-order valence-electron chi connectivity index (χ4n) is 6.44. The Balaban J connectivity index is 1.35. The zero-order valence-corrected chi connectivity index (χ0v) is 23.2. The lowest BCUT2D eigenvalue weighted by molar-refractivity contribution is 1.18. The van der Waals surface area contributed by atoms with Gasteiger partial charge in [-0.1, -0.05) is 98.1 Å². The molecule has 2 heterocycles. The van der Waals surface area contributed by atoms with Crippen LogP contribution >= 0.6 is 0 Å². The highest BCUT2D eigenvalue weighted by molar-refractivity contribution is 6.11. The first-order valence-electron chi connectivity index (χ1n) is 14.3. The van der Waals surface area contributed by atoms with Crippen molar-refractivity contribution in [3.05, 3.63) is 158 Å². The van der Waals surface area contributed by atoms with Crippen LogP contribution in [0.4, 0.5) is 0 Å². The van der Waals surface area contributed by atoms with Crippen molar-refractivity contribution < 1.29 is 0 Å². The molecule has 0 aliphatic carbocycles. The number of rotatable bonds is 5. The monoisotopic (exact) mass is 536 g/mol. The molecule has 6 aromatic carbocycles. The molecular weight excluding hydrogens is 508 g/mol. The third kappa shape index (κ3) is 3.66. The first-order valence-corrected chi connectivity index (χ1v) is 14.3. The Bertz CT molecular complexity index is 2270. The summed E-state index contributed by atoms with van der Waals surface area (Å²) in [4.78, 5) is 0. The van der Waals surface area contributed by atoms with Crippen molar-refractivity contribution >= 4 is 55.8 Å².